The second-order valence-electron chi connectivity index (χ2n) is 6.01. The molecule has 0 atom stereocenters. The predicted octanol–water partition coefficient (Wildman–Crippen LogP) is 2.27. The molecule has 1 amide bonds. The predicted molar refractivity (Wildman–Crippen MR) is 99.6 cm³/mol. The molecule has 0 spiro atoms. The lowest BCUT2D eigenvalue weighted by Gasteiger charge is -2.11. The smallest absolute Gasteiger partial charge is 0.228 e. The topological polar surface area (TPSA) is 99.0 Å². The lowest BCUT2D eigenvalue weighted by atomic mass is 10.0. The molecule has 138 valence electrons. The maximum Gasteiger partial charge on any atom is 0.228 e. The van der Waals surface area contributed by atoms with Crippen LogP contribution in [0.3, 0.4) is 0 Å². The number of aromatic nitrogens is 4. The number of methoxy groups -OCH3 is 1. The fourth-order valence-electron chi connectivity index (χ4n) is 2.72. The average Bonchev–Trinajstić information content (AvgIpc) is 3.07. The second kappa shape index (κ2) is 7.77. The molecular weight excluding hydrogens is 346 g/mol. The van der Waals surface area contributed by atoms with E-state index in [9.17, 15) is 9.59 Å². The monoisotopic (exact) mass is 365 g/mol. The molecule has 0 aliphatic rings. The molecule has 0 unspecified atom stereocenters. The molecular formula is C19H19N5O3. The minimum atomic E-state index is -0.220. The number of tetrazole rings is 1. The lowest BCUT2D eigenvalue weighted by molar-refractivity contribution is -0.115. The van der Waals surface area contributed by atoms with Crippen LogP contribution in [0.2, 0.25) is 0 Å². The molecule has 1 heterocycles. The van der Waals surface area contributed by atoms with Gasteiger partial charge in [0.1, 0.15) is 5.75 Å². The van der Waals surface area contributed by atoms with Crippen LogP contribution >= 0.6 is 0 Å². The molecule has 0 radical (unpaired) electrons. The minimum absolute atomic E-state index is 0.0655. The summed E-state index contributed by atoms with van der Waals surface area (Å²) in [6, 6.07) is 12.3. The SMILES string of the molecule is COc1ccc(C(C)=O)cc1CC(=O)Nc1cccc(-c2nnnn2C)c1. The van der Waals surface area contributed by atoms with E-state index in [0.29, 0.717) is 28.4 Å². The summed E-state index contributed by atoms with van der Waals surface area (Å²) in [4.78, 5) is 24.1. The Morgan fingerprint density at radius 2 is 2.00 bits per heavy atom. The largest absolute Gasteiger partial charge is 0.496 e. The summed E-state index contributed by atoms with van der Waals surface area (Å²) in [7, 11) is 3.28. The number of ketones is 1. The first-order chi connectivity index (χ1) is 13.0. The van der Waals surface area contributed by atoms with Gasteiger partial charge in [0.2, 0.25) is 5.91 Å². The van der Waals surface area contributed by atoms with E-state index < -0.39 is 0 Å². The van der Waals surface area contributed by atoms with Gasteiger partial charge in [0.25, 0.3) is 0 Å². The second-order valence-corrected chi connectivity index (χ2v) is 6.01. The molecule has 0 aliphatic carbocycles. The van der Waals surface area contributed by atoms with Crippen molar-refractivity contribution in [1.29, 1.82) is 0 Å². The molecule has 3 aromatic rings. The van der Waals surface area contributed by atoms with Gasteiger partial charge in [-0.25, -0.2) is 4.68 Å². The molecule has 0 saturated heterocycles. The van der Waals surface area contributed by atoms with Gasteiger partial charge in [-0.3, -0.25) is 9.59 Å². The third kappa shape index (κ3) is 4.17. The number of hydrogen-bond acceptors (Lipinski definition) is 6. The zero-order valence-corrected chi connectivity index (χ0v) is 15.3. The first-order valence-corrected chi connectivity index (χ1v) is 8.28. The molecule has 8 heteroatoms. The summed E-state index contributed by atoms with van der Waals surface area (Å²) in [5, 5.41) is 14.2. The van der Waals surface area contributed by atoms with Gasteiger partial charge in [-0.2, -0.15) is 0 Å². The van der Waals surface area contributed by atoms with E-state index in [0.717, 1.165) is 5.56 Å². The number of rotatable bonds is 6. The maximum atomic E-state index is 12.5. The standard InChI is InChI=1S/C19H19N5O3/c1-12(25)13-7-8-17(27-3)15(9-13)11-18(26)20-16-6-4-5-14(10-16)19-21-22-23-24(19)2/h4-10H,11H2,1-3H3,(H,20,26). The highest BCUT2D eigenvalue weighted by Crippen LogP contribution is 2.23. The summed E-state index contributed by atoms with van der Waals surface area (Å²) < 4.78 is 6.85. The highest BCUT2D eigenvalue weighted by atomic mass is 16.5. The number of carbonyl (C=O) groups is 2. The summed E-state index contributed by atoms with van der Waals surface area (Å²) in [6.45, 7) is 1.48. The van der Waals surface area contributed by atoms with E-state index in [2.05, 4.69) is 20.8 Å². The Kier molecular flexibility index (Phi) is 5.25. The van der Waals surface area contributed by atoms with Crippen molar-refractivity contribution < 1.29 is 14.3 Å². The molecule has 1 N–H and O–H groups in total. The van der Waals surface area contributed by atoms with Crippen LogP contribution in [0.25, 0.3) is 11.4 Å². The highest BCUT2D eigenvalue weighted by molar-refractivity contribution is 5.96. The Hall–Kier alpha value is -3.55. The Labute approximate surface area is 156 Å². The van der Waals surface area contributed by atoms with Crippen LogP contribution in [0, 0.1) is 0 Å². The zero-order chi connectivity index (χ0) is 19.4. The van der Waals surface area contributed by atoms with E-state index in [4.69, 9.17) is 4.74 Å². The molecule has 0 bridgehead atoms. The van der Waals surface area contributed by atoms with Crippen molar-refractivity contribution in [2.75, 3.05) is 12.4 Å². The zero-order valence-electron chi connectivity index (χ0n) is 15.3. The van der Waals surface area contributed by atoms with E-state index >= 15 is 0 Å². The Bertz CT molecular complexity index is 997. The third-order valence-electron chi connectivity index (χ3n) is 4.06. The van der Waals surface area contributed by atoms with Crippen molar-refractivity contribution in [3.05, 3.63) is 53.6 Å². The van der Waals surface area contributed by atoms with Gasteiger partial charge >= 0.3 is 0 Å². The fourth-order valence-corrected chi connectivity index (χ4v) is 2.72. The Morgan fingerprint density at radius 3 is 2.67 bits per heavy atom. The number of Topliss-reactive ketones (excluding diaryl/α,β-unsaturated/α-hetero) is 1. The van der Waals surface area contributed by atoms with Crippen LogP contribution in [-0.2, 0) is 18.3 Å². The highest BCUT2D eigenvalue weighted by Gasteiger charge is 2.13. The lowest BCUT2D eigenvalue weighted by Crippen LogP contribution is -2.15. The molecule has 3 rings (SSSR count). The number of aryl methyl sites for hydroxylation is 1. The molecule has 0 saturated carbocycles. The third-order valence-corrected chi connectivity index (χ3v) is 4.06. The van der Waals surface area contributed by atoms with E-state index in [1.54, 1.807) is 42.1 Å². The number of amides is 1. The van der Waals surface area contributed by atoms with Gasteiger partial charge in [-0.1, -0.05) is 12.1 Å². The van der Waals surface area contributed by atoms with Crippen molar-refractivity contribution in [3.8, 4) is 17.1 Å². The van der Waals surface area contributed by atoms with Crippen LogP contribution in [-0.4, -0.2) is 39.0 Å². The average molecular weight is 365 g/mol. The maximum absolute atomic E-state index is 12.5. The van der Waals surface area contributed by atoms with Gasteiger partial charge in [0, 0.05) is 29.4 Å². The number of carbonyl (C=O) groups excluding carboxylic acids is 2. The molecule has 2 aromatic carbocycles. The van der Waals surface area contributed by atoms with E-state index in [1.165, 1.54) is 14.0 Å². The molecule has 1 aromatic heterocycles. The van der Waals surface area contributed by atoms with Crippen molar-refractivity contribution in [2.24, 2.45) is 7.05 Å². The molecule has 0 fully saturated rings. The van der Waals surface area contributed by atoms with Crippen molar-refractivity contribution in [2.45, 2.75) is 13.3 Å². The molecule has 27 heavy (non-hydrogen) atoms. The quantitative estimate of drug-likeness (QED) is 0.673. The number of anilines is 1. The molecule has 0 aliphatic heterocycles. The summed E-state index contributed by atoms with van der Waals surface area (Å²) in [5.41, 5.74) is 2.60. The van der Waals surface area contributed by atoms with Crippen molar-refractivity contribution in [1.82, 2.24) is 20.2 Å². The van der Waals surface area contributed by atoms with Gasteiger partial charge in [0.05, 0.1) is 13.5 Å². The van der Waals surface area contributed by atoms with E-state index in [-0.39, 0.29) is 18.1 Å². The van der Waals surface area contributed by atoms with Crippen molar-refractivity contribution in [3.63, 3.8) is 0 Å². The summed E-state index contributed by atoms with van der Waals surface area (Å²) in [6.07, 6.45) is 0.0834. The number of nitrogens with zero attached hydrogens (tertiary/aromatic N) is 4. The first-order valence-electron chi connectivity index (χ1n) is 8.28. The van der Waals surface area contributed by atoms with E-state index in [1.807, 2.05) is 12.1 Å². The number of nitrogens with one attached hydrogen (secondary N) is 1. The van der Waals surface area contributed by atoms with Gasteiger partial charge < -0.3 is 10.1 Å². The van der Waals surface area contributed by atoms with Crippen LogP contribution in [0.1, 0.15) is 22.8 Å². The van der Waals surface area contributed by atoms with Gasteiger partial charge in [-0.05, 0) is 47.7 Å². The van der Waals surface area contributed by atoms with Crippen molar-refractivity contribution >= 4 is 17.4 Å². The van der Waals surface area contributed by atoms with Crippen LogP contribution in [0.5, 0.6) is 5.75 Å². The normalized spacial score (nSPS) is 10.5. The van der Waals surface area contributed by atoms with Gasteiger partial charge in [-0.15, -0.1) is 5.10 Å². The first kappa shape index (κ1) is 18.2. The van der Waals surface area contributed by atoms with Crippen LogP contribution < -0.4 is 10.1 Å². The minimum Gasteiger partial charge on any atom is -0.496 e. The summed E-state index contributed by atoms with van der Waals surface area (Å²) in [5.74, 6) is 0.877. The number of hydrogen-bond donors (Lipinski definition) is 1. The van der Waals surface area contributed by atoms with Crippen LogP contribution in [0.4, 0.5) is 5.69 Å². The number of benzene rings is 2. The Balaban J connectivity index is 1.78. The molecule has 8 nitrogen and oxygen atoms in total. The van der Waals surface area contributed by atoms with Crippen LogP contribution in [0.15, 0.2) is 42.5 Å². The fraction of sp³-hybridized carbons (Fsp3) is 0.211. The summed E-state index contributed by atoms with van der Waals surface area (Å²) >= 11 is 0. The van der Waals surface area contributed by atoms with Gasteiger partial charge in [0.15, 0.2) is 11.6 Å². The Morgan fingerprint density at radius 1 is 1.19 bits per heavy atom. The number of ether oxygens (including phenoxy) is 1.